The van der Waals surface area contributed by atoms with Crippen LogP contribution < -0.4 is 10.1 Å². The highest BCUT2D eigenvalue weighted by molar-refractivity contribution is 6.06. The number of aryl methyl sites for hydroxylation is 1. The summed E-state index contributed by atoms with van der Waals surface area (Å²) in [6, 6.07) is 13.0. The van der Waals surface area contributed by atoms with Gasteiger partial charge in [0.15, 0.2) is 0 Å². The molecule has 2 aliphatic carbocycles. The maximum atomic E-state index is 13.2. The fourth-order valence-corrected chi connectivity index (χ4v) is 5.11. The van der Waals surface area contributed by atoms with Crippen molar-refractivity contribution in [3.63, 3.8) is 0 Å². The van der Waals surface area contributed by atoms with Crippen molar-refractivity contribution in [2.45, 2.75) is 84.4 Å². The molecule has 0 radical (unpaired) electrons. The average molecular weight is 558 g/mol. The van der Waals surface area contributed by atoms with Gasteiger partial charge in [0.25, 0.3) is 5.91 Å². The highest BCUT2D eigenvalue weighted by atomic mass is 16.6. The van der Waals surface area contributed by atoms with Crippen LogP contribution in [0.25, 0.3) is 10.9 Å². The standard InChI is InChI=1S/C33H39N3O5/c1-21-29(35-31(38)24-7-14-28(15-8-24)40-20-22-5-6-22)16-9-25-17-23(18-34-30(21)25)19-36(32(39)41-33(2,3)4)26-10-12-27(37)13-11-26/h7-9,14-18,22,26H,5-6,10-13,19-20H2,1-4H3,(H,35,38). The summed E-state index contributed by atoms with van der Waals surface area (Å²) in [4.78, 5) is 44.4. The molecule has 0 unspecified atom stereocenters. The number of carbonyl (C=O) groups excluding carboxylic acids is 3. The van der Waals surface area contributed by atoms with Gasteiger partial charge >= 0.3 is 6.09 Å². The zero-order chi connectivity index (χ0) is 29.1. The van der Waals surface area contributed by atoms with Gasteiger partial charge < -0.3 is 19.7 Å². The zero-order valence-electron chi connectivity index (χ0n) is 24.4. The Labute approximate surface area is 241 Å². The first-order valence-corrected chi connectivity index (χ1v) is 14.5. The molecular formula is C33H39N3O5. The normalized spacial score (nSPS) is 16.0. The summed E-state index contributed by atoms with van der Waals surface area (Å²) in [6.45, 7) is 8.56. The fourth-order valence-electron chi connectivity index (χ4n) is 5.11. The van der Waals surface area contributed by atoms with Crippen molar-refractivity contribution in [3.8, 4) is 5.75 Å². The highest BCUT2D eigenvalue weighted by Crippen LogP contribution is 2.30. The highest BCUT2D eigenvalue weighted by Gasteiger charge is 2.31. The Hall–Kier alpha value is -3.94. The molecule has 1 aromatic heterocycles. The predicted octanol–water partition coefficient (Wildman–Crippen LogP) is 6.83. The van der Waals surface area contributed by atoms with E-state index in [2.05, 4.69) is 5.32 Å². The van der Waals surface area contributed by atoms with Crippen LogP contribution in [0.4, 0.5) is 10.5 Å². The summed E-state index contributed by atoms with van der Waals surface area (Å²) in [5, 5.41) is 3.93. The van der Waals surface area contributed by atoms with Crippen molar-refractivity contribution in [3.05, 3.63) is 65.4 Å². The maximum Gasteiger partial charge on any atom is 0.410 e. The Balaban J connectivity index is 1.29. The van der Waals surface area contributed by atoms with E-state index in [-0.39, 0.29) is 23.8 Å². The van der Waals surface area contributed by atoms with Gasteiger partial charge in [-0.2, -0.15) is 0 Å². The van der Waals surface area contributed by atoms with Crippen LogP contribution in [-0.2, 0) is 16.1 Å². The Bertz CT molecular complexity index is 1430. The van der Waals surface area contributed by atoms with Gasteiger partial charge in [-0.1, -0.05) is 6.07 Å². The van der Waals surface area contributed by atoms with E-state index < -0.39 is 5.60 Å². The molecule has 0 atom stereocenters. The summed E-state index contributed by atoms with van der Waals surface area (Å²) in [7, 11) is 0. The number of amides is 2. The Morgan fingerprint density at radius 1 is 1.02 bits per heavy atom. The van der Waals surface area contributed by atoms with Crippen LogP contribution in [-0.4, -0.2) is 45.9 Å². The van der Waals surface area contributed by atoms with Crippen LogP contribution in [0, 0.1) is 12.8 Å². The molecule has 216 valence electrons. The molecule has 3 aromatic rings. The Morgan fingerprint density at radius 2 is 1.73 bits per heavy atom. The number of aromatic nitrogens is 1. The van der Waals surface area contributed by atoms with Crippen molar-refractivity contribution in [2.75, 3.05) is 11.9 Å². The second-order valence-corrected chi connectivity index (χ2v) is 12.3. The molecule has 0 aliphatic heterocycles. The van der Waals surface area contributed by atoms with Gasteiger partial charge in [-0.05, 0) is 107 Å². The number of rotatable bonds is 8. The number of benzene rings is 2. The minimum atomic E-state index is -0.620. The van der Waals surface area contributed by atoms with E-state index in [0.29, 0.717) is 49.4 Å². The number of anilines is 1. The fraction of sp³-hybridized carbons (Fsp3) is 0.455. The summed E-state index contributed by atoms with van der Waals surface area (Å²) < 4.78 is 11.5. The van der Waals surface area contributed by atoms with E-state index in [0.717, 1.165) is 34.4 Å². The summed E-state index contributed by atoms with van der Waals surface area (Å²) >= 11 is 0. The van der Waals surface area contributed by atoms with Crippen LogP contribution in [0.15, 0.2) is 48.7 Å². The number of hydrogen-bond donors (Lipinski definition) is 1. The molecule has 0 spiro atoms. The topological polar surface area (TPSA) is 97.8 Å². The third-order valence-corrected chi connectivity index (χ3v) is 7.64. The molecule has 0 saturated heterocycles. The molecule has 5 rings (SSSR count). The van der Waals surface area contributed by atoms with E-state index in [1.165, 1.54) is 12.8 Å². The molecule has 0 bridgehead atoms. The average Bonchev–Trinajstić information content (AvgIpc) is 3.77. The molecule has 2 saturated carbocycles. The zero-order valence-corrected chi connectivity index (χ0v) is 24.4. The Kier molecular flexibility index (Phi) is 8.29. The number of Topliss-reactive ketones (excluding diaryl/α,β-unsaturated/α-hetero) is 1. The van der Waals surface area contributed by atoms with Crippen molar-refractivity contribution in [1.82, 2.24) is 9.88 Å². The number of carbonyl (C=O) groups is 3. The van der Waals surface area contributed by atoms with Gasteiger partial charge in [0.05, 0.1) is 18.7 Å². The van der Waals surface area contributed by atoms with E-state index >= 15 is 0 Å². The smallest absolute Gasteiger partial charge is 0.410 e. The monoisotopic (exact) mass is 557 g/mol. The van der Waals surface area contributed by atoms with Crippen molar-refractivity contribution in [2.24, 2.45) is 5.92 Å². The van der Waals surface area contributed by atoms with Gasteiger partial charge in [-0.15, -0.1) is 0 Å². The molecule has 2 aliphatic rings. The van der Waals surface area contributed by atoms with E-state index in [9.17, 15) is 14.4 Å². The first kappa shape index (κ1) is 28.6. The lowest BCUT2D eigenvalue weighted by Crippen LogP contribution is -2.44. The third-order valence-electron chi connectivity index (χ3n) is 7.64. The van der Waals surface area contributed by atoms with E-state index in [4.69, 9.17) is 14.5 Å². The third kappa shape index (κ3) is 7.43. The number of nitrogens with one attached hydrogen (secondary N) is 1. The van der Waals surface area contributed by atoms with Crippen LogP contribution in [0.3, 0.4) is 0 Å². The van der Waals surface area contributed by atoms with Crippen LogP contribution in [0.5, 0.6) is 5.75 Å². The van der Waals surface area contributed by atoms with Crippen LogP contribution in [0.2, 0.25) is 0 Å². The van der Waals surface area contributed by atoms with Gasteiger partial charge in [0.1, 0.15) is 17.1 Å². The SMILES string of the molecule is Cc1c(NC(=O)c2ccc(OCC3CC3)cc2)ccc2cc(CN(C(=O)OC(C)(C)C)C3CCC(=O)CC3)cnc12. The summed E-state index contributed by atoms with van der Waals surface area (Å²) in [6.07, 6.45) is 6.08. The maximum absolute atomic E-state index is 13.2. The van der Waals surface area contributed by atoms with Crippen LogP contribution >= 0.6 is 0 Å². The second kappa shape index (κ2) is 11.9. The minimum Gasteiger partial charge on any atom is -0.493 e. The number of fused-ring (bicyclic) bond motifs is 1. The van der Waals surface area contributed by atoms with Crippen LogP contribution in [0.1, 0.15) is 80.8 Å². The quantitative estimate of drug-likeness (QED) is 0.326. The Morgan fingerprint density at radius 3 is 2.39 bits per heavy atom. The molecule has 41 heavy (non-hydrogen) atoms. The van der Waals surface area contributed by atoms with E-state index in [1.54, 1.807) is 23.2 Å². The molecule has 1 heterocycles. The van der Waals surface area contributed by atoms with E-state index in [1.807, 2.05) is 58.0 Å². The number of ketones is 1. The molecule has 8 nitrogen and oxygen atoms in total. The summed E-state index contributed by atoms with van der Waals surface area (Å²) in [5.41, 5.74) is 3.15. The number of hydrogen-bond acceptors (Lipinski definition) is 6. The van der Waals surface area contributed by atoms with Crippen molar-refractivity contribution in [1.29, 1.82) is 0 Å². The molecule has 2 amide bonds. The van der Waals surface area contributed by atoms with Gasteiger partial charge in [0, 0.05) is 41.7 Å². The van der Waals surface area contributed by atoms with Gasteiger partial charge in [0.2, 0.25) is 0 Å². The van der Waals surface area contributed by atoms with Crippen molar-refractivity contribution < 1.29 is 23.9 Å². The minimum absolute atomic E-state index is 0.0589. The largest absolute Gasteiger partial charge is 0.493 e. The lowest BCUT2D eigenvalue weighted by atomic mass is 9.93. The molecular weight excluding hydrogens is 518 g/mol. The molecule has 2 fully saturated rings. The summed E-state index contributed by atoms with van der Waals surface area (Å²) in [5.74, 6) is 1.49. The lowest BCUT2D eigenvalue weighted by Gasteiger charge is -2.35. The second-order valence-electron chi connectivity index (χ2n) is 12.3. The number of nitrogens with zero attached hydrogens (tertiary/aromatic N) is 2. The first-order valence-electron chi connectivity index (χ1n) is 14.5. The number of ether oxygens (including phenoxy) is 2. The molecule has 2 aromatic carbocycles. The molecule has 8 heteroatoms. The lowest BCUT2D eigenvalue weighted by molar-refractivity contribution is -0.121. The predicted molar refractivity (Wildman–Crippen MR) is 158 cm³/mol. The van der Waals surface area contributed by atoms with Crippen molar-refractivity contribution >= 4 is 34.4 Å². The van der Waals surface area contributed by atoms with Gasteiger partial charge in [-0.3, -0.25) is 14.6 Å². The molecule has 1 N–H and O–H groups in total. The van der Waals surface area contributed by atoms with Gasteiger partial charge in [-0.25, -0.2) is 4.79 Å². The number of pyridine rings is 1. The first-order chi connectivity index (χ1) is 19.6.